The van der Waals surface area contributed by atoms with Gasteiger partial charge in [0, 0.05) is 56.1 Å². The van der Waals surface area contributed by atoms with Gasteiger partial charge in [-0.2, -0.15) is 0 Å². The minimum absolute atomic E-state index is 0.342. The minimum Gasteiger partial charge on any atom is -0.378 e. The fourth-order valence-electron chi connectivity index (χ4n) is 4.37. The fraction of sp³-hybridized carbons (Fsp3) is 0.385. The van der Waals surface area contributed by atoms with E-state index in [4.69, 9.17) is 21.3 Å². The molecule has 2 aliphatic rings. The topological polar surface area (TPSA) is 98.8 Å². The highest BCUT2D eigenvalue weighted by atomic mass is 35.5. The average Bonchev–Trinajstić information content (AvgIpc) is 2.92. The standard InChI is InChI=1S/C26H31ClN8O2/c1-18-23(27)31-24(32-25(18)35-13-15-37-16-14-35)19-3-5-20(6-4-19)29-26(36)30-21-7-8-22(28-17-21)34-11-9-33(2)10-12-34/h3-8,17H,9-16H2,1-2H3,(H2,29,30,36). The van der Waals surface area contributed by atoms with E-state index in [-0.39, 0.29) is 6.03 Å². The van der Waals surface area contributed by atoms with Crippen molar-refractivity contribution in [3.8, 4) is 11.4 Å². The molecule has 194 valence electrons. The number of piperazine rings is 1. The number of ether oxygens (including phenoxy) is 1. The molecular formula is C26H31ClN8O2. The van der Waals surface area contributed by atoms with Crippen LogP contribution < -0.4 is 20.4 Å². The normalized spacial score (nSPS) is 16.5. The molecule has 2 amide bonds. The predicted molar refractivity (Wildman–Crippen MR) is 147 cm³/mol. The summed E-state index contributed by atoms with van der Waals surface area (Å²) in [6.45, 7) is 8.70. The number of hydrogen-bond donors (Lipinski definition) is 2. The maximum Gasteiger partial charge on any atom is 0.323 e. The second-order valence-corrected chi connectivity index (χ2v) is 9.60. The largest absolute Gasteiger partial charge is 0.378 e. The molecule has 0 aliphatic carbocycles. The second kappa shape index (κ2) is 11.3. The lowest BCUT2D eigenvalue weighted by atomic mass is 10.2. The first-order valence-electron chi connectivity index (χ1n) is 12.4. The Hall–Kier alpha value is -3.47. The van der Waals surface area contributed by atoms with Gasteiger partial charge in [-0.25, -0.2) is 19.7 Å². The van der Waals surface area contributed by atoms with Gasteiger partial charge in [-0.3, -0.25) is 0 Å². The highest BCUT2D eigenvalue weighted by molar-refractivity contribution is 6.30. The first kappa shape index (κ1) is 25.2. The van der Waals surface area contributed by atoms with Gasteiger partial charge in [-0.1, -0.05) is 11.6 Å². The molecule has 0 atom stereocenters. The van der Waals surface area contributed by atoms with Crippen LogP contribution in [-0.4, -0.2) is 85.4 Å². The highest BCUT2D eigenvalue weighted by Crippen LogP contribution is 2.28. The zero-order valence-corrected chi connectivity index (χ0v) is 21.8. The first-order chi connectivity index (χ1) is 18.0. The molecule has 0 bridgehead atoms. The van der Waals surface area contributed by atoms with Gasteiger partial charge in [-0.05, 0) is 50.4 Å². The minimum atomic E-state index is -0.342. The number of pyridine rings is 1. The van der Waals surface area contributed by atoms with Gasteiger partial charge in [0.2, 0.25) is 0 Å². The number of aromatic nitrogens is 3. The van der Waals surface area contributed by atoms with E-state index in [0.717, 1.165) is 62.0 Å². The molecule has 10 nitrogen and oxygen atoms in total. The van der Waals surface area contributed by atoms with Crippen LogP contribution in [0.1, 0.15) is 5.56 Å². The maximum absolute atomic E-state index is 12.5. The van der Waals surface area contributed by atoms with Crippen molar-refractivity contribution in [2.75, 3.05) is 80.0 Å². The molecular weight excluding hydrogens is 492 g/mol. The summed E-state index contributed by atoms with van der Waals surface area (Å²) in [6.07, 6.45) is 1.68. The van der Waals surface area contributed by atoms with Crippen molar-refractivity contribution in [2.24, 2.45) is 0 Å². The molecule has 4 heterocycles. The van der Waals surface area contributed by atoms with Crippen molar-refractivity contribution in [3.05, 3.63) is 53.3 Å². The Kier molecular flexibility index (Phi) is 7.68. The number of nitrogens with one attached hydrogen (secondary N) is 2. The van der Waals surface area contributed by atoms with Gasteiger partial charge in [-0.15, -0.1) is 0 Å². The molecule has 0 unspecified atom stereocenters. The molecule has 2 saturated heterocycles. The zero-order valence-electron chi connectivity index (χ0n) is 21.1. The summed E-state index contributed by atoms with van der Waals surface area (Å²) in [5, 5.41) is 6.12. The lowest BCUT2D eigenvalue weighted by Gasteiger charge is -2.33. The number of hydrogen-bond acceptors (Lipinski definition) is 8. The summed E-state index contributed by atoms with van der Waals surface area (Å²) in [7, 11) is 2.12. The molecule has 11 heteroatoms. The van der Waals surface area contributed by atoms with Crippen molar-refractivity contribution in [2.45, 2.75) is 6.92 Å². The Bertz CT molecular complexity index is 1220. The van der Waals surface area contributed by atoms with Crippen molar-refractivity contribution in [1.82, 2.24) is 19.9 Å². The fourth-order valence-corrected chi connectivity index (χ4v) is 4.53. The summed E-state index contributed by atoms with van der Waals surface area (Å²) in [6, 6.07) is 10.8. The van der Waals surface area contributed by atoms with Crippen LogP contribution in [0.4, 0.5) is 27.8 Å². The third-order valence-electron chi connectivity index (χ3n) is 6.61. The van der Waals surface area contributed by atoms with E-state index in [1.54, 1.807) is 6.20 Å². The molecule has 2 fully saturated rings. The number of anilines is 4. The number of benzene rings is 1. The van der Waals surface area contributed by atoms with E-state index in [1.807, 2.05) is 43.3 Å². The number of urea groups is 1. The molecule has 0 saturated carbocycles. The van der Waals surface area contributed by atoms with Crippen LogP contribution in [0.3, 0.4) is 0 Å². The maximum atomic E-state index is 12.5. The summed E-state index contributed by atoms with van der Waals surface area (Å²) in [5.41, 5.74) is 2.94. The predicted octanol–water partition coefficient (Wildman–Crippen LogP) is 3.73. The number of halogens is 1. The van der Waals surface area contributed by atoms with E-state index < -0.39 is 0 Å². The quantitative estimate of drug-likeness (QED) is 0.489. The van der Waals surface area contributed by atoms with Crippen LogP contribution in [0, 0.1) is 6.92 Å². The van der Waals surface area contributed by atoms with E-state index >= 15 is 0 Å². The zero-order chi connectivity index (χ0) is 25.8. The third-order valence-corrected chi connectivity index (χ3v) is 6.97. The molecule has 0 radical (unpaired) electrons. The van der Waals surface area contributed by atoms with Crippen molar-refractivity contribution < 1.29 is 9.53 Å². The summed E-state index contributed by atoms with van der Waals surface area (Å²) in [5.74, 6) is 2.29. The van der Waals surface area contributed by atoms with Gasteiger partial charge in [0.15, 0.2) is 5.82 Å². The van der Waals surface area contributed by atoms with Crippen molar-refractivity contribution in [3.63, 3.8) is 0 Å². The lowest BCUT2D eigenvalue weighted by molar-refractivity contribution is 0.122. The SMILES string of the molecule is Cc1c(Cl)nc(-c2ccc(NC(=O)Nc3ccc(N4CCN(C)CC4)nc3)cc2)nc1N1CCOCC1. The number of morpholine rings is 1. The van der Waals surface area contributed by atoms with Crippen molar-refractivity contribution >= 4 is 40.6 Å². The number of carbonyl (C=O) groups is 1. The van der Waals surface area contributed by atoms with Crippen molar-refractivity contribution in [1.29, 1.82) is 0 Å². The van der Waals surface area contributed by atoms with Gasteiger partial charge in [0.25, 0.3) is 0 Å². The van der Waals surface area contributed by atoms with Crippen LogP contribution in [0.2, 0.25) is 5.15 Å². The van der Waals surface area contributed by atoms with Crippen LogP contribution in [-0.2, 0) is 4.74 Å². The summed E-state index contributed by atoms with van der Waals surface area (Å²) >= 11 is 6.44. The van der Waals surface area contributed by atoms with Crippen LogP contribution in [0.15, 0.2) is 42.6 Å². The molecule has 3 aromatic rings. The van der Waals surface area contributed by atoms with Gasteiger partial charge < -0.3 is 30.1 Å². The first-order valence-corrected chi connectivity index (χ1v) is 12.8. The lowest BCUT2D eigenvalue weighted by Crippen LogP contribution is -2.44. The number of rotatable bonds is 5. The van der Waals surface area contributed by atoms with E-state index in [9.17, 15) is 4.79 Å². The Labute approximate surface area is 221 Å². The Morgan fingerprint density at radius 2 is 1.57 bits per heavy atom. The average molecular weight is 523 g/mol. The Morgan fingerprint density at radius 3 is 2.24 bits per heavy atom. The number of likely N-dealkylation sites (N-methyl/N-ethyl adjacent to an activating group) is 1. The second-order valence-electron chi connectivity index (χ2n) is 9.24. The molecule has 0 spiro atoms. The van der Waals surface area contributed by atoms with Crippen LogP contribution in [0.5, 0.6) is 0 Å². The van der Waals surface area contributed by atoms with Gasteiger partial charge >= 0.3 is 6.03 Å². The molecule has 37 heavy (non-hydrogen) atoms. The highest BCUT2D eigenvalue weighted by Gasteiger charge is 2.19. The number of nitrogens with zero attached hydrogens (tertiary/aromatic N) is 6. The Balaban J connectivity index is 1.21. The van der Waals surface area contributed by atoms with Crippen LogP contribution in [0.25, 0.3) is 11.4 Å². The van der Waals surface area contributed by atoms with E-state index in [0.29, 0.717) is 35.6 Å². The van der Waals surface area contributed by atoms with Gasteiger partial charge in [0.05, 0.1) is 25.1 Å². The molecule has 2 aliphatic heterocycles. The summed E-state index contributed by atoms with van der Waals surface area (Å²) in [4.78, 5) is 33.0. The van der Waals surface area contributed by atoms with E-state index in [1.165, 1.54) is 0 Å². The summed E-state index contributed by atoms with van der Waals surface area (Å²) < 4.78 is 5.46. The third kappa shape index (κ3) is 6.10. The monoisotopic (exact) mass is 522 g/mol. The smallest absolute Gasteiger partial charge is 0.323 e. The van der Waals surface area contributed by atoms with Crippen LogP contribution >= 0.6 is 11.6 Å². The number of carbonyl (C=O) groups excluding carboxylic acids is 1. The molecule has 1 aromatic carbocycles. The van der Waals surface area contributed by atoms with Gasteiger partial charge in [0.1, 0.15) is 16.8 Å². The molecule has 2 N–H and O–H groups in total. The number of amides is 2. The Morgan fingerprint density at radius 1 is 0.892 bits per heavy atom. The molecule has 2 aromatic heterocycles. The molecule has 5 rings (SSSR count). The van der Waals surface area contributed by atoms with E-state index in [2.05, 4.69) is 42.3 Å².